The minimum absolute atomic E-state index is 0. The van der Waals surface area contributed by atoms with Gasteiger partial charge >= 0.3 is 34.7 Å². The van der Waals surface area contributed by atoms with Gasteiger partial charge in [0.25, 0.3) is 0 Å². The van der Waals surface area contributed by atoms with Crippen molar-refractivity contribution in [3.8, 4) is 0 Å². The number of rotatable bonds is 24. The molecule has 0 fully saturated rings. The second-order valence-electron chi connectivity index (χ2n) is 32.1. The van der Waals surface area contributed by atoms with Crippen molar-refractivity contribution in [1.82, 2.24) is 59.8 Å². The molecule has 2 radical (unpaired) electrons. The molecule has 26 heteroatoms. The van der Waals surface area contributed by atoms with Gasteiger partial charge in [0, 0.05) is 135 Å². The van der Waals surface area contributed by atoms with Gasteiger partial charge in [0.2, 0.25) is 0 Å². The maximum Gasteiger partial charge on any atom is 3.00 e. The van der Waals surface area contributed by atoms with Crippen LogP contribution in [0.15, 0.2) is 130 Å². The number of aliphatic carboxylic acids is 6. The molecule has 0 aromatic carbocycles. The first kappa shape index (κ1) is 94.8. The molecule has 6 N–H and O–H groups in total. The quantitative estimate of drug-likeness (QED) is 0.0327. The van der Waals surface area contributed by atoms with E-state index in [4.69, 9.17) is 29.9 Å². The van der Waals surface area contributed by atoms with E-state index in [9.17, 15) is 59.4 Å². The zero-order valence-electron chi connectivity index (χ0n) is 73.5. The van der Waals surface area contributed by atoms with Crippen LogP contribution in [0, 0.1) is 41.5 Å². The topological polar surface area (TPSA) is 413 Å². The van der Waals surface area contributed by atoms with Crippen LogP contribution < -0.4 is 30.6 Å². The zero-order chi connectivity index (χ0) is 90.9. The minimum Gasteiger partial charge on any atom is -0.550 e. The number of fused-ring (bicyclic) bond motifs is 24. The Morgan fingerprint density at radius 3 is 0.641 bits per heavy atom. The van der Waals surface area contributed by atoms with E-state index in [-0.39, 0.29) is 112 Å². The number of aryl methyl sites for hydroxylation is 9. The fourth-order valence-corrected chi connectivity index (χ4v) is 17.3. The van der Waals surface area contributed by atoms with E-state index in [1.165, 1.54) is 0 Å². The molecular weight excluding hydrogens is 1690 g/mol. The number of H-pyrrole nitrogens is 6. The molecule has 15 heterocycles. The van der Waals surface area contributed by atoms with Crippen LogP contribution in [0.5, 0.6) is 0 Å². The number of carboxylic acid groups (broad SMARTS) is 6. The largest absolute Gasteiger partial charge is 3.00 e. The van der Waals surface area contributed by atoms with E-state index < -0.39 is 35.8 Å². The smallest absolute Gasteiger partial charge is 0.550 e. The summed E-state index contributed by atoms with van der Waals surface area (Å²) in [6, 6.07) is 23.3. The Bertz CT molecular complexity index is 6430. The van der Waals surface area contributed by atoms with Gasteiger partial charge in [-0.25, -0.2) is 29.9 Å². The van der Waals surface area contributed by atoms with Crippen molar-refractivity contribution >= 4 is 187 Å². The van der Waals surface area contributed by atoms with E-state index >= 15 is 0 Å². The Morgan fingerprint density at radius 2 is 0.422 bits per heavy atom. The predicted octanol–water partition coefficient (Wildman–Crippen LogP) is 14.5. The van der Waals surface area contributed by atoms with Crippen molar-refractivity contribution in [3.63, 3.8) is 0 Å². The van der Waals surface area contributed by atoms with Crippen molar-refractivity contribution in [1.29, 1.82) is 0 Å². The molecule has 24 nitrogen and oxygen atoms in total. The molecule has 24 bridgehead atoms. The summed E-state index contributed by atoms with van der Waals surface area (Å²) >= 11 is 0. The fourth-order valence-electron chi connectivity index (χ4n) is 17.3. The maximum atomic E-state index is 11.4. The van der Waals surface area contributed by atoms with Gasteiger partial charge in [-0.1, -0.05) is 75.9 Å². The average molecular weight is 1790 g/mol. The summed E-state index contributed by atoms with van der Waals surface area (Å²) in [7, 11) is 0. The summed E-state index contributed by atoms with van der Waals surface area (Å²) in [5, 5.41) is 68.4. The SMILES string of the molecule is C=CC1=C(C)c2cc3[nH]c(cc4nc(cc5[nH]c(cc1n2)c(C)c5CCC(=O)[O-])C(CCC(=O)[O-])=C4C)c(C)c3C=C.C=CC1=C(C)c2cc3[nH]c(cc4nc(cc5[nH]c(cc1n2)c(C)c5CCC(=O)[O-])C(CCC(=O)[O-])=C4C)c(C)c3C=C.C=CC1=C(C)c2cc3[nH]c(cc4nc(cc5[nH]c(cc1n2)c(C)c5CCC(=O)[O-])C(CCC(=O)[O-])=C4C)c(C)c3C=C.[Cr+3].[Cr+3]. The summed E-state index contributed by atoms with van der Waals surface area (Å²) in [6.45, 7) is 47.8. The van der Waals surface area contributed by atoms with Crippen molar-refractivity contribution in [2.24, 2.45) is 0 Å². The van der Waals surface area contributed by atoms with Gasteiger partial charge in [0.15, 0.2) is 0 Å². The van der Waals surface area contributed by atoms with Crippen molar-refractivity contribution in [3.05, 3.63) is 266 Å². The van der Waals surface area contributed by atoms with Crippen LogP contribution in [0.1, 0.15) is 234 Å². The first-order valence-electron chi connectivity index (χ1n) is 41.5. The molecular formula is C102H96Cr2N12O12. The van der Waals surface area contributed by atoms with Gasteiger partial charge in [-0.3, -0.25) is 0 Å². The Labute approximate surface area is 761 Å². The molecule has 0 amide bonds. The number of hydrogen-bond acceptors (Lipinski definition) is 18. The van der Waals surface area contributed by atoms with E-state index in [1.54, 1.807) is 18.2 Å². The summed E-state index contributed by atoms with van der Waals surface area (Å²) in [6.07, 6.45) is 11.4. The molecule has 9 aromatic heterocycles. The molecule has 0 saturated carbocycles. The van der Waals surface area contributed by atoms with E-state index in [0.29, 0.717) is 50.7 Å². The molecule has 0 spiro atoms. The molecule has 6 aliphatic rings. The molecule has 0 unspecified atom stereocenters. The Balaban J connectivity index is 0.000000185. The van der Waals surface area contributed by atoms with E-state index in [2.05, 4.69) is 69.4 Å². The monoisotopic (exact) mass is 1780 g/mol. The van der Waals surface area contributed by atoms with Crippen LogP contribution in [0.4, 0.5) is 0 Å². The third-order valence-corrected chi connectivity index (χ3v) is 24.6. The van der Waals surface area contributed by atoms with Crippen molar-refractivity contribution in [2.45, 2.75) is 160 Å². The van der Waals surface area contributed by atoms with Crippen LogP contribution in [0.2, 0.25) is 0 Å². The number of nitrogens with zero attached hydrogens (tertiary/aromatic N) is 6. The van der Waals surface area contributed by atoms with Crippen molar-refractivity contribution < 1.29 is 94.1 Å². The van der Waals surface area contributed by atoms with E-state index in [0.717, 1.165) is 217 Å². The van der Waals surface area contributed by atoms with Gasteiger partial charge in [-0.2, -0.15) is 0 Å². The number of aromatic amines is 6. The van der Waals surface area contributed by atoms with Crippen LogP contribution in [0.25, 0.3) is 151 Å². The van der Waals surface area contributed by atoms with Crippen LogP contribution in [-0.4, -0.2) is 95.6 Å². The van der Waals surface area contributed by atoms with Crippen molar-refractivity contribution in [2.75, 3.05) is 0 Å². The van der Waals surface area contributed by atoms with E-state index in [1.807, 2.05) is 174 Å². The summed E-state index contributed by atoms with van der Waals surface area (Å²) in [5.41, 5.74) is 39.8. The Morgan fingerprint density at radius 1 is 0.242 bits per heavy atom. The van der Waals surface area contributed by atoms with Crippen LogP contribution in [-0.2, 0) is 82.8 Å². The molecule has 9 aromatic rings. The fraction of sp³-hybridized carbons (Fsp3) is 0.235. The summed E-state index contributed by atoms with van der Waals surface area (Å²) < 4.78 is 0. The molecule has 15 rings (SSSR count). The number of carbonyl (C=O) groups is 6. The third kappa shape index (κ3) is 19.3. The van der Waals surface area contributed by atoms with Crippen LogP contribution in [0.3, 0.4) is 0 Å². The number of allylic oxidation sites excluding steroid dienone is 15. The predicted molar refractivity (Wildman–Crippen MR) is 490 cm³/mol. The number of carbonyl (C=O) groups excluding carboxylic acids is 6. The average Bonchev–Trinajstić information content (AvgIpc) is 1.62. The molecule has 0 atom stereocenters. The molecule has 0 saturated heterocycles. The molecule has 0 aliphatic carbocycles. The second-order valence-corrected chi connectivity index (χ2v) is 32.1. The molecule has 128 heavy (non-hydrogen) atoms. The van der Waals surface area contributed by atoms with Gasteiger partial charge in [-0.05, 0) is 333 Å². The maximum absolute atomic E-state index is 11.4. The van der Waals surface area contributed by atoms with Crippen LogP contribution >= 0.6 is 0 Å². The first-order valence-corrected chi connectivity index (χ1v) is 41.5. The normalized spacial score (nSPS) is 12.8. The summed E-state index contributed by atoms with van der Waals surface area (Å²) in [5.74, 6) is -6.83. The summed E-state index contributed by atoms with van der Waals surface area (Å²) in [4.78, 5) is 119. The van der Waals surface area contributed by atoms with Gasteiger partial charge in [0.05, 0.1) is 68.3 Å². The first-order chi connectivity index (χ1) is 60.0. The van der Waals surface area contributed by atoms with Gasteiger partial charge < -0.3 is 89.3 Å². The van der Waals surface area contributed by atoms with Gasteiger partial charge in [0.1, 0.15) is 0 Å². The molecule has 6 aliphatic heterocycles. The Hall–Kier alpha value is -13.9. The second kappa shape index (κ2) is 39.3. The number of carboxylic acids is 6. The number of hydrogen-bond donors (Lipinski definition) is 6. The van der Waals surface area contributed by atoms with Gasteiger partial charge in [-0.15, -0.1) is 0 Å². The minimum atomic E-state index is -1.14. The number of nitrogens with one attached hydrogen (secondary N) is 6. The zero-order valence-corrected chi connectivity index (χ0v) is 76.1. The Kier molecular flexibility index (Phi) is 29.1. The molecule has 648 valence electrons. The number of aromatic nitrogens is 12. The third-order valence-electron chi connectivity index (χ3n) is 24.6. The standard InChI is InChI=1S/3C34H34N4O4.2Cr/c3*1-7-21-17(3)25-13-26-19(5)23(9-11-33(39)40)31(37-26)16-32-24(10-12-34(41)42)20(6)28(38-32)15-30-22(8-2)18(4)27(36-30)14-29(21)35-25;;/h3*7-8,13-16,35,38H,1-2,9-12H2,3-6H3,(H,39,40)(H,41,42);;/q;;;2*+3/p-6.